The molecule has 0 saturated heterocycles. The lowest BCUT2D eigenvalue weighted by Crippen LogP contribution is -1.83. The van der Waals surface area contributed by atoms with Gasteiger partial charge in [-0.3, -0.25) is 0 Å². The van der Waals surface area contributed by atoms with Crippen molar-refractivity contribution in [3.8, 4) is 0 Å². The highest BCUT2D eigenvalue weighted by molar-refractivity contribution is 5.14. The fourth-order valence-electron chi connectivity index (χ4n) is 1.22. The van der Waals surface area contributed by atoms with Gasteiger partial charge >= 0.3 is 0 Å². The molecule has 1 aromatic rings. The normalized spacial score (nSPS) is 9.07. The van der Waals surface area contributed by atoms with E-state index >= 15 is 0 Å². The molecule has 0 fully saturated rings. The average molecular weight is 192 g/mol. The molecule has 0 N–H and O–H groups in total. The lowest BCUT2D eigenvalue weighted by atomic mass is 10.1. The highest BCUT2D eigenvalue weighted by atomic mass is 13.9. The Hall–Kier alpha value is -0.780. The number of benzene rings is 1. The first-order chi connectivity index (χ1) is 6.85. The fourth-order valence-corrected chi connectivity index (χ4v) is 1.22. The van der Waals surface area contributed by atoms with Crippen molar-refractivity contribution in [3.63, 3.8) is 0 Å². The van der Waals surface area contributed by atoms with E-state index < -0.39 is 0 Å². The standard InChI is InChI=1S/C11H16.C3H8/c1-2-3-5-8-11-9-6-4-7-10-11;1-3-2/h4,6-7,9-10H,2-3,5,8H2,1H3;3H2,1-2H3. The van der Waals surface area contributed by atoms with Crippen LogP contribution in [0.1, 0.15) is 52.0 Å². The van der Waals surface area contributed by atoms with E-state index in [0.29, 0.717) is 0 Å². The molecule has 0 atom stereocenters. The minimum absolute atomic E-state index is 1.24. The average Bonchev–Trinajstić information content (AvgIpc) is 2.21. The summed E-state index contributed by atoms with van der Waals surface area (Å²) >= 11 is 0. The minimum Gasteiger partial charge on any atom is -0.0656 e. The molecule has 1 aromatic carbocycles. The molecular formula is C14H24. The van der Waals surface area contributed by atoms with Crippen molar-refractivity contribution in [1.82, 2.24) is 0 Å². The van der Waals surface area contributed by atoms with Crippen molar-refractivity contribution in [2.24, 2.45) is 0 Å². The van der Waals surface area contributed by atoms with E-state index in [1.807, 2.05) is 0 Å². The molecule has 0 aliphatic carbocycles. The Kier molecular flexibility index (Phi) is 9.73. The second kappa shape index (κ2) is 10.3. The zero-order chi connectivity index (χ0) is 10.6. The molecule has 0 unspecified atom stereocenters. The molecule has 0 aliphatic heterocycles. The van der Waals surface area contributed by atoms with E-state index in [0.717, 1.165) is 0 Å². The quantitative estimate of drug-likeness (QED) is 0.599. The summed E-state index contributed by atoms with van der Waals surface area (Å²) in [7, 11) is 0. The fraction of sp³-hybridized carbons (Fsp3) is 0.571. The van der Waals surface area contributed by atoms with Crippen LogP contribution in [0, 0.1) is 0 Å². The molecule has 0 heterocycles. The molecule has 0 bridgehead atoms. The van der Waals surface area contributed by atoms with Crippen LogP contribution in [0.25, 0.3) is 0 Å². The number of unbranched alkanes of at least 4 members (excludes halogenated alkanes) is 2. The van der Waals surface area contributed by atoms with Crippen LogP contribution in [0.15, 0.2) is 30.3 Å². The Morgan fingerprint density at radius 2 is 1.43 bits per heavy atom. The van der Waals surface area contributed by atoms with Gasteiger partial charge in [0.25, 0.3) is 0 Å². The van der Waals surface area contributed by atoms with E-state index in [1.165, 1.54) is 37.7 Å². The van der Waals surface area contributed by atoms with Gasteiger partial charge in [0.1, 0.15) is 0 Å². The van der Waals surface area contributed by atoms with Gasteiger partial charge in [0.2, 0.25) is 0 Å². The maximum atomic E-state index is 2.24. The Bertz CT molecular complexity index is 188. The van der Waals surface area contributed by atoms with Crippen molar-refractivity contribution < 1.29 is 0 Å². The van der Waals surface area contributed by atoms with Gasteiger partial charge in [0, 0.05) is 0 Å². The van der Waals surface area contributed by atoms with Crippen molar-refractivity contribution >= 4 is 0 Å². The van der Waals surface area contributed by atoms with Gasteiger partial charge in [-0.05, 0) is 18.4 Å². The monoisotopic (exact) mass is 192 g/mol. The molecule has 14 heavy (non-hydrogen) atoms. The van der Waals surface area contributed by atoms with Crippen LogP contribution in [0.4, 0.5) is 0 Å². The zero-order valence-corrected chi connectivity index (χ0v) is 9.92. The summed E-state index contributed by atoms with van der Waals surface area (Å²) in [5.74, 6) is 0. The summed E-state index contributed by atoms with van der Waals surface area (Å²) in [6.45, 7) is 6.49. The Labute approximate surface area is 89.4 Å². The highest BCUT2D eigenvalue weighted by Gasteiger charge is 1.89. The minimum atomic E-state index is 1.24. The van der Waals surface area contributed by atoms with Crippen LogP contribution >= 0.6 is 0 Å². The molecule has 0 aromatic heterocycles. The Morgan fingerprint density at radius 1 is 0.857 bits per heavy atom. The summed E-state index contributed by atoms with van der Waals surface area (Å²) in [5, 5.41) is 0. The molecular weight excluding hydrogens is 168 g/mol. The number of hydrogen-bond donors (Lipinski definition) is 0. The summed E-state index contributed by atoms with van der Waals surface area (Å²) in [6.07, 6.45) is 6.50. The van der Waals surface area contributed by atoms with Crippen LogP contribution in [0.3, 0.4) is 0 Å². The zero-order valence-electron chi connectivity index (χ0n) is 9.92. The molecule has 0 spiro atoms. The van der Waals surface area contributed by atoms with Crippen molar-refractivity contribution in [1.29, 1.82) is 0 Å². The maximum absolute atomic E-state index is 2.24. The van der Waals surface area contributed by atoms with Crippen molar-refractivity contribution in [3.05, 3.63) is 35.9 Å². The van der Waals surface area contributed by atoms with Crippen LogP contribution in [0.5, 0.6) is 0 Å². The molecule has 1 rings (SSSR count). The lowest BCUT2D eigenvalue weighted by molar-refractivity contribution is 0.717. The third-order valence-electron chi connectivity index (χ3n) is 1.91. The van der Waals surface area contributed by atoms with Gasteiger partial charge in [0.15, 0.2) is 0 Å². The molecule has 0 nitrogen and oxygen atoms in total. The van der Waals surface area contributed by atoms with E-state index in [2.05, 4.69) is 51.1 Å². The van der Waals surface area contributed by atoms with Gasteiger partial charge in [-0.15, -0.1) is 0 Å². The maximum Gasteiger partial charge on any atom is -0.0279 e. The molecule has 80 valence electrons. The molecule has 0 amide bonds. The van der Waals surface area contributed by atoms with E-state index in [9.17, 15) is 0 Å². The van der Waals surface area contributed by atoms with Crippen LogP contribution < -0.4 is 0 Å². The van der Waals surface area contributed by atoms with Crippen molar-refractivity contribution in [2.45, 2.75) is 52.9 Å². The van der Waals surface area contributed by atoms with Gasteiger partial charge < -0.3 is 0 Å². The highest BCUT2D eigenvalue weighted by Crippen LogP contribution is 2.05. The van der Waals surface area contributed by atoms with Gasteiger partial charge in [0.05, 0.1) is 0 Å². The summed E-state index contributed by atoms with van der Waals surface area (Å²) in [6, 6.07) is 10.7. The van der Waals surface area contributed by atoms with Crippen molar-refractivity contribution in [2.75, 3.05) is 0 Å². The predicted molar refractivity (Wildman–Crippen MR) is 65.6 cm³/mol. The van der Waals surface area contributed by atoms with E-state index in [4.69, 9.17) is 0 Å². The second-order valence-corrected chi connectivity index (χ2v) is 3.65. The van der Waals surface area contributed by atoms with Gasteiger partial charge in [-0.2, -0.15) is 0 Å². The van der Waals surface area contributed by atoms with Gasteiger partial charge in [-0.1, -0.05) is 70.4 Å². The van der Waals surface area contributed by atoms with E-state index in [1.54, 1.807) is 0 Å². The van der Waals surface area contributed by atoms with Crippen LogP contribution in [-0.4, -0.2) is 0 Å². The second-order valence-electron chi connectivity index (χ2n) is 3.65. The number of aryl methyl sites for hydroxylation is 1. The summed E-state index contributed by atoms with van der Waals surface area (Å²) in [4.78, 5) is 0. The molecule has 0 aliphatic rings. The van der Waals surface area contributed by atoms with Crippen LogP contribution in [-0.2, 0) is 6.42 Å². The summed E-state index contributed by atoms with van der Waals surface area (Å²) in [5.41, 5.74) is 1.47. The first-order valence-electron chi connectivity index (χ1n) is 5.89. The smallest absolute Gasteiger partial charge is 0.0279 e. The summed E-state index contributed by atoms with van der Waals surface area (Å²) < 4.78 is 0. The number of rotatable bonds is 4. The first kappa shape index (κ1) is 13.2. The SMILES string of the molecule is CCC.CCCCCc1ccccc1. The van der Waals surface area contributed by atoms with Crippen LogP contribution in [0.2, 0.25) is 0 Å². The molecule has 0 saturated carbocycles. The largest absolute Gasteiger partial charge is 0.0656 e. The molecule has 0 heteroatoms. The lowest BCUT2D eigenvalue weighted by Gasteiger charge is -1.98. The topological polar surface area (TPSA) is 0 Å². The third-order valence-corrected chi connectivity index (χ3v) is 1.91. The number of hydrogen-bond acceptors (Lipinski definition) is 0. The van der Waals surface area contributed by atoms with E-state index in [-0.39, 0.29) is 0 Å². The predicted octanol–water partition coefficient (Wildman–Crippen LogP) is 4.84. The first-order valence-corrected chi connectivity index (χ1v) is 5.89. The Balaban J connectivity index is 0.000000500. The molecule has 0 radical (unpaired) electrons. The Morgan fingerprint density at radius 3 is 1.93 bits per heavy atom. The third kappa shape index (κ3) is 7.85. The van der Waals surface area contributed by atoms with Gasteiger partial charge in [-0.25, -0.2) is 0 Å².